The maximum absolute atomic E-state index is 12.5. The van der Waals surface area contributed by atoms with Crippen molar-refractivity contribution >= 4 is 23.4 Å². The Balaban J connectivity index is 1.28. The van der Waals surface area contributed by atoms with E-state index in [2.05, 4.69) is 5.32 Å². The summed E-state index contributed by atoms with van der Waals surface area (Å²) in [4.78, 5) is 39.5. The lowest BCUT2D eigenvalue weighted by Crippen LogP contribution is -2.51. The number of nitrogens with one attached hydrogen (secondary N) is 1. The highest BCUT2D eigenvalue weighted by molar-refractivity contribution is 5.94. The highest BCUT2D eigenvalue weighted by Crippen LogP contribution is 2.29. The molecular weight excluding hydrogens is 386 g/mol. The van der Waals surface area contributed by atoms with Gasteiger partial charge in [-0.05, 0) is 30.9 Å². The molecule has 8 nitrogen and oxygen atoms in total. The molecule has 4 rings (SSSR count). The number of hydrogen-bond acceptors (Lipinski definition) is 5. The number of piperidine rings is 2. The lowest BCUT2D eigenvalue weighted by atomic mass is 10.0. The third-order valence-electron chi connectivity index (χ3n) is 6.15. The van der Waals surface area contributed by atoms with Gasteiger partial charge in [-0.3, -0.25) is 14.4 Å². The minimum Gasteiger partial charge on any atom is -0.488 e. The van der Waals surface area contributed by atoms with Crippen LogP contribution in [0.1, 0.15) is 44.1 Å². The topological polar surface area (TPSA) is 99.2 Å². The van der Waals surface area contributed by atoms with Crippen LogP contribution in [0.25, 0.3) is 0 Å². The summed E-state index contributed by atoms with van der Waals surface area (Å²) in [5, 5.41) is 13.4. The number of anilines is 1. The molecule has 8 heteroatoms. The fourth-order valence-corrected chi connectivity index (χ4v) is 4.36. The van der Waals surface area contributed by atoms with E-state index < -0.39 is 12.2 Å². The number of aliphatic hydroxyl groups is 1. The number of likely N-dealkylation sites (tertiary alicyclic amines) is 2. The molecule has 3 heterocycles. The number of carbonyl (C=O) groups excluding carboxylic acids is 3. The van der Waals surface area contributed by atoms with Crippen LogP contribution in [-0.4, -0.2) is 71.0 Å². The van der Waals surface area contributed by atoms with Gasteiger partial charge in [0, 0.05) is 57.1 Å². The van der Waals surface area contributed by atoms with Gasteiger partial charge in [-0.15, -0.1) is 0 Å². The molecule has 2 N–H and O–H groups in total. The number of β-amino-alcohol motifs (C(OH)–C–C–N with tert-alkyl or cyclic N) is 1. The summed E-state index contributed by atoms with van der Waals surface area (Å²) in [5.74, 6) is 0.686. The van der Waals surface area contributed by atoms with E-state index in [1.807, 2.05) is 12.1 Å². The fourth-order valence-electron chi connectivity index (χ4n) is 4.36. The fraction of sp³-hybridized carbons (Fsp3) is 0.591. The lowest BCUT2D eigenvalue weighted by Gasteiger charge is -2.36. The van der Waals surface area contributed by atoms with Crippen LogP contribution < -0.4 is 10.1 Å². The predicted molar refractivity (Wildman–Crippen MR) is 110 cm³/mol. The second kappa shape index (κ2) is 9.04. The largest absolute Gasteiger partial charge is 0.488 e. The number of nitrogens with zero attached hydrogens (tertiary/aromatic N) is 2. The van der Waals surface area contributed by atoms with Crippen molar-refractivity contribution < 1.29 is 24.2 Å². The van der Waals surface area contributed by atoms with Gasteiger partial charge < -0.3 is 25.0 Å². The van der Waals surface area contributed by atoms with Crippen molar-refractivity contribution in [3.8, 4) is 5.75 Å². The molecule has 0 unspecified atom stereocenters. The Hall–Kier alpha value is -2.61. The van der Waals surface area contributed by atoms with Crippen LogP contribution in [0.2, 0.25) is 0 Å². The molecule has 1 aromatic rings. The number of aliphatic hydroxyl groups excluding tert-OH is 1. The van der Waals surface area contributed by atoms with E-state index in [-0.39, 0.29) is 30.7 Å². The Morgan fingerprint density at radius 1 is 1.17 bits per heavy atom. The van der Waals surface area contributed by atoms with Crippen LogP contribution in [-0.2, 0) is 20.8 Å². The van der Waals surface area contributed by atoms with Gasteiger partial charge in [0.2, 0.25) is 17.7 Å². The highest BCUT2D eigenvalue weighted by Gasteiger charge is 2.32. The number of amides is 3. The van der Waals surface area contributed by atoms with Crippen LogP contribution in [0.15, 0.2) is 18.2 Å². The maximum atomic E-state index is 12.5. The van der Waals surface area contributed by atoms with Crippen molar-refractivity contribution in [2.75, 3.05) is 31.5 Å². The Morgan fingerprint density at radius 3 is 2.83 bits per heavy atom. The third kappa shape index (κ3) is 4.75. The van der Waals surface area contributed by atoms with Crippen molar-refractivity contribution in [2.24, 2.45) is 0 Å². The molecule has 3 aliphatic heterocycles. The number of rotatable bonds is 5. The van der Waals surface area contributed by atoms with Gasteiger partial charge in [-0.2, -0.15) is 0 Å². The molecule has 0 spiro atoms. The maximum Gasteiger partial charge on any atom is 0.224 e. The van der Waals surface area contributed by atoms with Gasteiger partial charge in [0.25, 0.3) is 0 Å². The molecule has 162 valence electrons. The van der Waals surface area contributed by atoms with Crippen LogP contribution in [0.5, 0.6) is 5.75 Å². The smallest absolute Gasteiger partial charge is 0.224 e. The van der Waals surface area contributed by atoms with Crippen molar-refractivity contribution in [1.29, 1.82) is 0 Å². The Kier molecular flexibility index (Phi) is 6.22. The zero-order valence-electron chi connectivity index (χ0n) is 17.1. The van der Waals surface area contributed by atoms with Crippen molar-refractivity contribution in [3.05, 3.63) is 23.8 Å². The second-order valence-corrected chi connectivity index (χ2v) is 8.31. The first-order valence-corrected chi connectivity index (χ1v) is 10.8. The van der Waals surface area contributed by atoms with Crippen molar-refractivity contribution in [1.82, 2.24) is 9.80 Å². The van der Waals surface area contributed by atoms with E-state index in [4.69, 9.17) is 4.74 Å². The molecule has 2 atom stereocenters. The lowest BCUT2D eigenvalue weighted by molar-refractivity contribution is -0.139. The first-order valence-electron chi connectivity index (χ1n) is 10.8. The molecule has 0 radical (unpaired) electrons. The summed E-state index contributed by atoms with van der Waals surface area (Å²) in [6.07, 6.45) is 3.32. The van der Waals surface area contributed by atoms with Crippen molar-refractivity contribution in [3.63, 3.8) is 0 Å². The summed E-state index contributed by atoms with van der Waals surface area (Å²) >= 11 is 0. The average molecular weight is 415 g/mol. The molecule has 3 amide bonds. The Morgan fingerprint density at radius 2 is 2.03 bits per heavy atom. The number of fused-ring (bicyclic) bond motifs is 1. The number of benzene rings is 1. The van der Waals surface area contributed by atoms with Gasteiger partial charge in [0.05, 0.1) is 6.54 Å². The quantitative estimate of drug-likeness (QED) is 0.756. The Bertz CT molecular complexity index is 827. The summed E-state index contributed by atoms with van der Waals surface area (Å²) in [5.41, 5.74) is 1.84. The predicted octanol–water partition coefficient (Wildman–Crippen LogP) is 1.31. The number of ether oxygens (including phenoxy) is 1. The molecule has 0 aliphatic carbocycles. The Labute approximate surface area is 176 Å². The summed E-state index contributed by atoms with van der Waals surface area (Å²) in [6, 6.07) is 5.60. The summed E-state index contributed by atoms with van der Waals surface area (Å²) in [7, 11) is 0. The minimum absolute atomic E-state index is 0.00208. The highest BCUT2D eigenvalue weighted by atomic mass is 16.5. The SMILES string of the molecule is O=C1CCc2ccc(O[C@@H]3CCN(C(=O)CCN4CCCCC4=O)C[C@H]3O)cc2N1. The standard InChI is InChI=1S/C22H29N3O5/c26-18-14-25(22(29)9-12-24-10-2-1-3-21(24)28)11-8-19(18)30-16-6-4-15-5-7-20(27)23-17(15)13-16/h4,6,13,18-19,26H,1-3,5,7-12,14H2,(H,23,27)/t18-,19-/m1/s1. The first-order chi connectivity index (χ1) is 14.5. The molecule has 2 saturated heterocycles. The van der Waals surface area contributed by atoms with Crippen molar-refractivity contribution in [2.45, 2.75) is 57.2 Å². The molecule has 0 saturated carbocycles. The van der Waals surface area contributed by atoms with Gasteiger partial charge >= 0.3 is 0 Å². The monoisotopic (exact) mass is 415 g/mol. The first kappa shape index (κ1) is 20.7. The molecule has 1 aromatic carbocycles. The zero-order valence-corrected chi connectivity index (χ0v) is 17.1. The van der Waals surface area contributed by atoms with E-state index in [0.29, 0.717) is 44.5 Å². The molecule has 3 aliphatic rings. The van der Waals surface area contributed by atoms with E-state index in [9.17, 15) is 19.5 Å². The molecule has 0 aromatic heterocycles. The average Bonchev–Trinajstić information content (AvgIpc) is 2.74. The van der Waals surface area contributed by atoms with Gasteiger partial charge in [0.1, 0.15) is 18.0 Å². The van der Waals surface area contributed by atoms with Crippen LogP contribution >= 0.6 is 0 Å². The summed E-state index contributed by atoms with van der Waals surface area (Å²) in [6.45, 7) is 1.91. The van der Waals surface area contributed by atoms with Gasteiger partial charge in [-0.1, -0.05) is 6.07 Å². The molecule has 0 bridgehead atoms. The summed E-state index contributed by atoms with van der Waals surface area (Å²) < 4.78 is 5.97. The van der Waals surface area contributed by atoms with E-state index in [1.165, 1.54) is 0 Å². The van der Waals surface area contributed by atoms with Crippen LogP contribution in [0.3, 0.4) is 0 Å². The number of carbonyl (C=O) groups is 3. The third-order valence-corrected chi connectivity index (χ3v) is 6.15. The van der Waals surface area contributed by atoms with Gasteiger partial charge in [-0.25, -0.2) is 0 Å². The molecule has 30 heavy (non-hydrogen) atoms. The number of hydrogen-bond donors (Lipinski definition) is 2. The van der Waals surface area contributed by atoms with E-state index in [1.54, 1.807) is 15.9 Å². The number of aryl methyl sites for hydroxylation is 1. The normalized spacial score (nSPS) is 24.3. The van der Waals surface area contributed by atoms with E-state index >= 15 is 0 Å². The van der Waals surface area contributed by atoms with E-state index in [0.717, 1.165) is 30.6 Å². The van der Waals surface area contributed by atoms with Crippen LogP contribution in [0.4, 0.5) is 5.69 Å². The molecule has 2 fully saturated rings. The zero-order chi connectivity index (χ0) is 21.1. The minimum atomic E-state index is -0.787. The molecular formula is C22H29N3O5. The van der Waals surface area contributed by atoms with Gasteiger partial charge in [0.15, 0.2) is 0 Å². The second-order valence-electron chi connectivity index (χ2n) is 8.31. The van der Waals surface area contributed by atoms with Crippen LogP contribution in [0, 0.1) is 0 Å².